The maximum Gasteiger partial charge on any atom is 0.300 e. The molecule has 0 bridgehead atoms. The van der Waals surface area contributed by atoms with Gasteiger partial charge in [0.25, 0.3) is 17.8 Å². The van der Waals surface area contributed by atoms with Crippen LogP contribution in [-0.4, -0.2) is 44.3 Å². The van der Waals surface area contributed by atoms with Crippen molar-refractivity contribution >= 4 is 52.2 Å². The third-order valence-corrected chi connectivity index (χ3v) is 4.67. The fourth-order valence-electron chi connectivity index (χ4n) is 2.08. The molecule has 0 unspecified atom stereocenters. The van der Waals surface area contributed by atoms with E-state index in [-0.39, 0.29) is 10.2 Å². The van der Waals surface area contributed by atoms with Crippen LogP contribution in [-0.2, 0) is 9.59 Å². The molecule has 29 heavy (non-hydrogen) atoms. The van der Waals surface area contributed by atoms with Gasteiger partial charge in [0.2, 0.25) is 0 Å². The molecule has 0 saturated carbocycles. The van der Waals surface area contributed by atoms with Gasteiger partial charge in [-0.15, -0.1) is 0 Å². The summed E-state index contributed by atoms with van der Waals surface area (Å²) in [5.74, 6) is -0.896. The lowest BCUT2D eigenvalue weighted by atomic mass is 10.2. The highest BCUT2D eigenvalue weighted by Crippen LogP contribution is 2.31. The van der Waals surface area contributed by atoms with Gasteiger partial charge in [-0.05, 0) is 48.1 Å². The first kappa shape index (κ1) is 22.1. The Morgan fingerprint density at radius 2 is 1.79 bits per heavy atom. The van der Waals surface area contributed by atoms with Crippen molar-refractivity contribution in [1.29, 1.82) is 0 Å². The summed E-state index contributed by atoms with van der Waals surface area (Å²) in [7, 11) is 1.59. The second-order valence-electron chi connectivity index (χ2n) is 5.49. The van der Waals surface area contributed by atoms with Crippen LogP contribution in [0, 0.1) is 0 Å². The van der Waals surface area contributed by atoms with Crippen molar-refractivity contribution in [1.82, 2.24) is 15.4 Å². The van der Waals surface area contributed by atoms with Crippen LogP contribution in [0.3, 0.4) is 0 Å². The number of ether oxygens (including phenoxy) is 1. The Bertz CT molecular complexity index is 942. The molecule has 150 valence electrons. The Labute approximate surface area is 176 Å². The average Bonchev–Trinajstić information content (AvgIpc) is 2.96. The van der Waals surface area contributed by atoms with Gasteiger partial charge in [-0.3, -0.25) is 24.8 Å². The average molecular weight is 431 g/mol. The van der Waals surface area contributed by atoms with Crippen molar-refractivity contribution in [3.8, 4) is 5.75 Å². The molecule has 0 atom stereocenters. The number of aromatic nitrogens is 1. The first-order valence-electron chi connectivity index (χ1n) is 8.14. The van der Waals surface area contributed by atoms with Crippen LogP contribution in [0.15, 0.2) is 53.7 Å². The number of hydrazine groups is 1. The lowest BCUT2D eigenvalue weighted by Gasteiger charge is -2.15. The first-order valence-corrected chi connectivity index (χ1v) is 9.37. The Kier molecular flexibility index (Phi) is 7.87. The zero-order valence-corrected chi connectivity index (χ0v) is 17.1. The van der Waals surface area contributed by atoms with Crippen LogP contribution >= 0.6 is 24.0 Å². The summed E-state index contributed by atoms with van der Waals surface area (Å²) in [6.45, 7) is 1.08. The normalized spacial score (nSPS) is 14.3. The van der Waals surface area contributed by atoms with Crippen molar-refractivity contribution in [3.05, 3.63) is 64.8 Å². The van der Waals surface area contributed by atoms with E-state index in [2.05, 4.69) is 10.4 Å². The molecule has 2 amide bonds. The monoisotopic (exact) mass is 431 g/mol. The van der Waals surface area contributed by atoms with Crippen LogP contribution < -0.4 is 10.2 Å². The summed E-state index contributed by atoms with van der Waals surface area (Å²) in [5.41, 5.74) is 3.75. The summed E-state index contributed by atoms with van der Waals surface area (Å²) in [5, 5.41) is 8.50. The van der Waals surface area contributed by atoms with Crippen LogP contribution in [0.5, 0.6) is 5.75 Å². The molecular formula is C19H17N3O5S2. The van der Waals surface area contributed by atoms with E-state index in [0.717, 1.165) is 35.0 Å². The molecule has 0 radical (unpaired) electrons. The lowest BCUT2D eigenvalue weighted by molar-refractivity contribution is -0.134. The van der Waals surface area contributed by atoms with E-state index < -0.39 is 11.9 Å². The number of hydrogen-bond acceptors (Lipinski definition) is 7. The molecule has 2 aromatic rings. The van der Waals surface area contributed by atoms with Gasteiger partial charge in [-0.25, -0.2) is 0 Å². The number of nitrogens with zero attached hydrogens (tertiary/aromatic N) is 2. The molecule has 10 heteroatoms. The number of benzene rings is 1. The summed E-state index contributed by atoms with van der Waals surface area (Å²) in [6, 6.07) is 10.4. The topological polar surface area (TPSA) is 109 Å². The maximum atomic E-state index is 12.5. The van der Waals surface area contributed by atoms with E-state index in [9.17, 15) is 9.59 Å². The number of rotatable bonds is 4. The summed E-state index contributed by atoms with van der Waals surface area (Å²) in [6.07, 6.45) is 4.73. The molecular weight excluding hydrogens is 414 g/mol. The molecule has 2 N–H and O–H groups in total. The Morgan fingerprint density at radius 1 is 1.21 bits per heavy atom. The minimum atomic E-state index is -0.833. The first-order chi connectivity index (χ1) is 13.8. The molecule has 8 nitrogen and oxygen atoms in total. The van der Waals surface area contributed by atoms with Gasteiger partial charge in [-0.1, -0.05) is 23.9 Å². The fraction of sp³-hybridized carbons (Fsp3) is 0.105. The number of carboxylic acids is 1. The number of thioether (sulfide) groups is 1. The second kappa shape index (κ2) is 10.3. The fourth-order valence-corrected chi connectivity index (χ4v) is 3.26. The molecule has 3 rings (SSSR count). The second-order valence-corrected chi connectivity index (χ2v) is 7.16. The Hall–Kier alpha value is -3.24. The van der Waals surface area contributed by atoms with E-state index >= 15 is 0 Å². The predicted molar refractivity (Wildman–Crippen MR) is 113 cm³/mol. The number of thiocarbonyl (C=S) groups is 1. The van der Waals surface area contributed by atoms with Crippen LogP contribution in [0.4, 0.5) is 0 Å². The quantitative estimate of drug-likeness (QED) is 0.562. The van der Waals surface area contributed by atoms with Gasteiger partial charge >= 0.3 is 0 Å². The number of carbonyl (C=O) groups excluding carboxylic acids is 2. The minimum Gasteiger partial charge on any atom is -0.497 e. The van der Waals surface area contributed by atoms with Gasteiger partial charge in [0, 0.05) is 24.9 Å². The zero-order valence-electron chi connectivity index (χ0n) is 15.5. The number of hydrogen-bond donors (Lipinski definition) is 2. The van der Waals surface area contributed by atoms with Crippen LogP contribution in [0.1, 0.15) is 22.8 Å². The number of aliphatic carboxylic acids is 1. The highest BCUT2D eigenvalue weighted by Gasteiger charge is 2.33. The number of carboxylic acid groups (broad SMARTS) is 1. The molecule has 1 aliphatic heterocycles. The standard InChI is InChI=1S/C17H13N3O3S2.C2H4O2/c1-23-13-4-2-11(3-5-13)10-14-16(22)20(17(24)25-14)19-15(21)12-6-8-18-9-7-12;1-2(3)4/h2-10H,1H3,(H,19,21);1H3,(H,3,4). The summed E-state index contributed by atoms with van der Waals surface area (Å²) < 4.78 is 5.38. The molecule has 0 spiro atoms. The summed E-state index contributed by atoms with van der Waals surface area (Å²) >= 11 is 6.33. The SMILES string of the molecule is CC(=O)O.COc1ccc(C=C2SC(=S)N(NC(=O)c3ccncc3)C2=O)cc1. The van der Waals surface area contributed by atoms with E-state index in [1.807, 2.05) is 12.1 Å². The predicted octanol–water partition coefficient (Wildman–Crippen LogP) is 2.73. The number of carbonyl (C=O) groups is 3. The van der Waals surface area contributed by atoms with E-state index in [1.54, 1.807) is 37.5 Å². The number of amides is 2. The minimum absolute atomic E-state index is 0.271. The maximum absolute atomic E-state index is 12.5. The van der Waals surface area contributed by atoms with Gasteiger partial charge < -0.3 is 9.84 Å². The van der Waals surface area contributed by atoms with Gasteiger partial charge in [-0.2, -0.15) is 5.01 Å². The number of methoxy groups -OCH3 is 1. The largest absolute Gasteiger partial charge is 0.497 e. The third-order valence-electron chi connectivity index (χ3n) is 3.36. The molecule has 0 aliphatic carbocycles. The molecule has 1 fully saturated rings. The Balaban J connectivity index is 0.000000687. The lowest BCUT2D eigenvalue weighted by Crippen LogP contribution is -2.44. The van der Waals surface area contributed by atoms with Gasteiger partial charge in [0.1, 0.15) is 5.75 Å². The molecule has 1 aromatic heterocycles. The van der Waals surface area contributed by atoms with E-state index in [1.165, 1.54) is 12.4 Å². The van der Waals surface area contributed by atoms with Gasteiger partial charge in [0.05, 0.1) is 12.0 Å². The van der Waals surface area contributed by atoms with Gasteiger partial charge in [0.15, 0.2) is 4.32 Å². The van der Waals surface area contributed by atoms with Crippen molar-refractivity contribution in [2.24, 2.45) is 0 Å². The van der Waals surface area contributed by atoms with Crippen LogP contribution in [0.2, 0.25) is 0 Å². The smallest absolute Gasteiger partial charge is 0.300 e. The number of pyridine rings is 1. The van der Waals surface area contributed by atoms with Crippen LogP contribution in [0.25, 0.3) is 6.08 Å². The number of nitrogens with one attached hydrogen (secondary N) is 1. The van der Waals surface area contributed by atoms with Crippen molar-refractivity contribution in [2.45, 2.75) is 6.92 Å². The Morgan fingerprint density at radius 3 is 2.34 bits per heavy atom. The molecule has 2 heterocycles. The van der Waals surface area contributed by atoms with E-state index in [0.29, 0.717) is 10.5 Å². The van der Waals surface area contributed by atoms with E-state index in [4.69, 9.17) is 26.9 Å². The van der Waals surface area contributed by atoms with Crippen molar-refractivity contribution < 1.29 is 24.2 Å². The molecule has 1 saturated heterocycles. The molecule has 1 aromatic carbocycles. The third kappa shape index (κ3) is 6.40. The highest BCUT2D eigenvalue weighted by molar-refractivity contribution is 8.26. The van der Waals surface area contributed by atoms with Crippen molar-refractivity contribution in [2.75, 3.05) is 7.11 Å². The highest BCUT2D eigenvalue weighted by atomic mass is 32.2. The zero-order chi connectivity index (χ0) is 21.4. The summed E-state index contributed by atoms with van der Waals surface area (Å²) in [4.78, 5) is 38.0. The van der Waals surface area contributed by atoms with Crippen molar-refractivity contribution in [3.63, 3.8) is 0 Å². The molecule has 1 aliphatic rings.